The van der Waals surface area contributed by atoms with E-state index in [1.54, 1.807) is 6.07 Å². The standard InChI is InChI=1S/C20H22FNO2/c21-18-10-16(20-17(11-18)13-23-14-24-20)12-22-8-4-7-19(22)9-15-5-2-1-3-6-15/h1-3,5-6,10-11,19H,4,7-9,12-14H2. The molecule has 2 aliphatic rings. The van der Waals surface area contributed by atoms with Crippen molar-refractivity contribution >= 4 is 0 Å². The van der Waals surface area contributed by atoms with Crippen LogP contribution in [0.1, 0.15) is 29.5 Å². The lowest BCUT2D eigenvalue weighted by atomic mass is 10.0. The Balaban J connectivity index is 1.53. The first-order valence-corrected chi connectivity index (χ1v) is 8.59. The van der Waals surface area contributed by atoms with E-state index in [1.807, 2.05) is 6.07 Å². The van der Waals surface area contributed by atoms with Gasteiger partial charge in [0, 0.05) is 23.7 Å². The molecule has 1 unspecified atom stereocenters. The van der Waals surface area contributed by atoms with Gasteiger partial charge in [-0.05, 0) is 43.5 Å². The van der Waals surface area contributed by atoms with Crippen molar-refractivity contribution in [3.63, 3.8) is 0 Å². The molecule has 0 bridgehead atoms. The van der Waals surface area contributed by atoms with E-state index in [1.165, 1.54) is 24.5 Å². The van der Waals surface area contributed by atoms with Crippen molar-refractivity contribution < 1.29 is 13.9 Å². The minimum absolute atomic E-state index is 0.211. The fourth-order valence-electron chi connectivity index (χ4n) is 3.81. The summed E-state index contributed by atoms with van der Waals surface area (Å²) in [5.74, 6) is 0.602. The third-order valence-electron chi connectivity index (χ3n) is 4.94. The molecule has 1 fully saturated rings. The van der Waals surface area contributed by atoms with E-state index in [0.29, 0.717) is 12.6 Å². The number of fused-ring (bicyclic) bond motifs is 1. The highest BCUT2D eigenvalue weighted by Crippen LogP contribution is 2.32. The molecular formula is C20H22FNO2. The van der Waals surface area contributed by atoms with E-state index in [4.69, 9.17) is 9.47 Å². The molecule has 0 amide bonds. The molecule has 0 saturated carbocycles. The average Bonchev–Trinajstić information content (AvgIpc) is 3.02. The summed E-state index contributed by atoms with van der Waals surface area (Å²) in [5.41, 5.74) is 3.11. The van der Waals surface area contributed by atoms with Crippen LogP contribution in [0, 0.1) is 5.82 Å². The van der Waals surface area contributed by atoms with E-state index in [2.05, 4.69) is 29.2 Å². The van der Waals surface area contributed by atoms with Crippen molar-refractivity contribution in [2.45, 2.75) is 38.5 Å². The van der Waals surface area contributed by atoms with E-state index >= 15 is 0 Å². The highest BCUT2D eigenvalue weighted by atomic mass is 19.1. The normalized spacial score (nSPS) is 20.6. The predicted octanol–water partition coefficient (Wildman–Crippen LogP) is 3.90. The molecule has 0 N–H and O–H groups in total. The molecule has 0 aromatic heterocycles. The second-order valence-corrected chi connectivity index (χ2v) is 6.62. The van der Waals surface area contributed by atoms with E-state index in [9.17, 15) is 4.39 Å². The Bertz CT molecular complexity index is 704. The molecule has 2 aliphatic heterocycles. The summed E-state index contributed by atoms with van der Waals surface area (Å²) < 4.78 is 24.9. The van der Waals surface area contributed by atoms with Crippen LogP contribution in [0.5, 0.6) is 5.75 Å². The third kappa shape index (κ3) is 3.30. The van der Waals surface area contributed by atoms with Crippen LogP contribution in [0.25, 0.3) is 0 Å². The molecule has 2 heterocycles. The van der Waals surface area contributed by atoms with Crippen LogP contribution in [0.4, 0.5) is 4.39 Å². The number of nitrogens with zero attached hydrogens (tertiary/aromatic N) is 1. The summed E-state index contributed by atoms with van der Waals surface area (Å²) in [5, 5.41) is 0. The molecule has 3 nitrogen and oxygen atoms in total. The number of ether oxygens (including phenoxy) is 2. The molecule has 126 valence electrons. The van der Waals surface area contributed by atoms with Crippen LogP contribution in [0.2, 0.25) is 0 Å². The Hall–Kier alpha value is -1.91. The van der Waals surface area contributed by atoms with Gasteiger partial charge in [-0.3, -0.25) is 4.90 Å². The number of halogens is 1. The molecule has 24 heavy (non-hydrogen) atoms. The number of hydrogen-bond donors (Lipinski definition) is 0. The Kier molecular flexibility index (Phi) is 4.50. The van der Waals surface area contributed by atoms with Crippen molar-refractivity contribution in [3.05, 3.63) is 65.0 Å². The Morgan fingerprint density at radius 1 is 1.17 bits per heavy atom. The van der Waals surface area contributed by atoms with Gasteiger partial charge in [0.25, 0.3) is 0 Å². The van der Waals surface area contributed by atoms with Crippen LogP contribution < -0.4 is 4.74 Å². The zero-order valence-electron chi connectivity index (χ0n) is 13.7. The molecule has 0 spiro atoms. The molecule has 1 atom stereocenters. The summed E-state index contributed by atoms with van der Waals surface area (Å²) in [6, 6.07) is 14.2. The summed E-state index contributed by atoms with van der Waals surface area (Å²) in [7, 11) is 0. The first kappa shape index (κ1) is 15.6. The number of benzene rings is 2. The van der Waals surface area contributed by atoms with Crippen molar-refractivity contribution in [2.24, 2.45) is 0 Å². The Morgan fingerprint density at radius 3 is 2.92 bits per heavy atom. The maximum atomic E-state index is 13.9. The van der Waals surface area contributed by atoms with Crippen molar-refractivity contribution in [1.82, 2.24) is 4.90 Å². The van der Waals surface area contributed by atoms with Gasteiger partial charge in [-0.1, -0.05) is 30.3 Å². The molecule has 2 aromatic carbocycles. The molecule has 4 rings (SSSR count). The molecular weight excluding hydrogens is 305 g/mol. The second-order valence-electron chi connectivity index (χ2n) is 6.62. The van der Waals surface area contributed by atoms with Crippen LogP contribution in [-0.2, 0) is 24.3 Å². The smallest absolute Gasteiger partial charge is 0.189 e. The van der Waals surface area contributed by atoms with E-state index < -0.39 is 0 Å². The summed E-state index contributed by atoms with van der Waals surface area (Å²) in [6.07, 6.45) is 3.43. The highest BCUT2D eigenvalue weighted by Gasteiger charge is 2.27. The average molecular weight is 327 g/mol. The Labute approximate surface area is 142 Å². The van der Waals surface area contributed by atoms with E-state index in [-0.39, 0.29) is 12.6 Å². The molecule has 0 radical (unpaired) electrons. The second kappa shape index (κ2) is 6.91. The summed E-state index contributed by atoms with van der Waals surface area (Å²) >= 11 is 0. The quantitative estimate of drug-likeness (QED) is 0.850. The van der Waals surface area contributed by atoms with Crippen molar-refractivity contribution in [1.29, 1.82) is 0 Å². The van der Waals surface area contributed by atoms with Gasteiger partial charge >= 0.3 is 0 Å². The lowest BCUT2D eigenvalue weighted by Crippen LogP contribution is -2.31. The van der Waals surface area contributed by atoms with Gasteiger partial charge in [-0.15, -0.1) is 0 Å². The minimum Gasteiger partial charge on any atom is -0.467 e. The van der Waals surface area contributed by atoms with Crippen molar-refractivity contribution in [3.8, 4) is 5.75 Å². The molecule has 1 saturated heterocycles. The molecule has 4 heteroatoms. The summed E-state index contributed by atoms with van der Waals surface area (Å²) in [6.45, 7) is 2.46. The number of hydrogen-bond acceptors (Lipinski definition) is 3. The topological polar surface area (TPSA) is 21.7 Å². The lowest BCUT2D eigenvalue weighted by Gasteiger charge is -2.27. The predicted molar refractivity (Wildman–Crippen MR) is 90.3 cm³/mol. The SMILES string of the molecule is Fc1cc2c(c(CN3CCCC3Cc3ccccc3)c1)OCOC2. The first-order chi connectivity index (χ1) is 11.8. The monoisotopic (exact) mass is 327 g/mol. The van der Waals surface area contributed by atoms with Gasteiger partial charge in [0.2, 0.25) is 0 Å². The van der Waals surface area contributed by atoms with Crippen LogP contribution in [0.3, 0.4) is 0 Å². The summed E-state index contributed by atoms with van der Waals surface area (Å²) in [4.78, 5) is 2.46. The van der Waals surface area contributed by atoms with Crippen LogP contribution in [0.15, 0.2) is 42.5 Å². The third-order valence-corrected chi connectivity index (χ3v) is 4.94. The fraction of sp³-hybridized carbons (Fsp3) is 0.400. The molecule has 0 aliphatic carbocycles. The van der Waals surface area contributed by atoms with Gasteiger partial charge < -0.3 is 9.47 Å². The zero-order valence-corrected chi connectivity index (χ0v) is 13.7. The maximum absolute atomic E-state index is 13.9. The van der Waals surface area contributed by atoms with Gasteiger partial charge in [0.1, 0.15) is 11.6 Å². The van der Waals surface area contributed by atoms with Gasteiger partial charge in [-0.2, -0.15) is 0 Å². The fourth-order valence-corrected chi connectivity index (χ4v) is 3.81. The van der Waals surface area contributed by atoms with Crippen LogP contribution >= 0.6 is 0 Å². The zero-order chi connectivity index (χ0) is 16.4. The number of rotatable bonds is 4. The highest BCUT2D eigenvalue weighted by molar-refractivity contribution is 5.42. The Morgan fingerprint density at radius 2 is 2.04 bits per heavy atom. The van der Waals surface area contributed by atoms with Gasteiger partial charge in [0.05, 0.1) is 6.61 Å². The maximum Gasteiger partial charge on any atom is 0.189 e. The largest absolute Gasteiger partial charge is 0.467 e. The first-order valence-electron chi connectivity index (χ1n) is 8.59. The molecule has 2 aromatic rings. The van der Waals surface area contributed by atoms with Crippen molar-refractivity contribution in [2.75, 3.05) is 13.3 Å². The minimum atomic E-state index is -0.211. The van der Waals surface area contributed by atoms with E-state index in [0.717, 1.165) is 36.4 Å². The lowest BCUT2D eigenvalue weighted by molar-refractivity contribution is -0.0177. The number of likely N-dealkylation sites (tertiary alicyclic amines) is 1. The van der Waals surface area contributed by atoms with Gasteiger partial charge in [0.15, 0.2) is 6.79 Å². The van der Waals surface area contributed by atoms with Crippen LogP contribution in [-0.4, -0.2) is 24.3 Å². The van der Waals surface area contributed by atoms with Gasteiger partial charge in [-0.25, -0.2) is 4.39 Å².